The molecule has 5 aromatic carbocycles. The van der Waals surface area contributed by atoms with Gasteiger partial charge >= 0.3 is 0 Å². The van der Waals surface area contributed by atoms with Crippen molar-refractivity contribution in [2.24, 2.45) is 0 Å². The molecule has 5 aliphatic rings. The monoisotopic (exact) mass is 713 g/mol. The molecule has 5 heteroatoms. The summed E-state index contributed by atoms with van der Waals surface area (Å²) < 4.78 is 14.4. The molecule has 53 heavy (non-hydrogen) atoms. The molecule has 0 saturated carbocycles. The molecule has 3 nitrogen and oxygen atoms in total. The SMILES string of the molecule is CC1(C)CCC(C)(C)c2cc3c(cc21)Oc1cc(N2c4ccccc4[Si](C)(C)c4ccccc42)cc2c1B3c1cc3c(cc1O2)C(C)(C)CCC3(C)C. The van der Waals surface area contributed by atoms with Gasteiger partial charge in [0.25, 0.3) is 6.71 Å². The summed E-state index contributed by atoms with van der Waals surface area (Å²) in [7, 11) is -1.94. The van der Waals surface area contributed by atoms with E-state index in [4.69, 9.17) is 9.47 Å². The fraction of sp³-hybridized carbons (Fsp3) is 0.375. The van der Waals surface area contributed by atoms with Gasteiger partial charge in [-0.25, -0.2) is 0 Å². The van der Waals surface area contributed by atoms with E-state index >= 15 is 0 Å². The predicted molar refractivity (Wildman–Crippen MR) is 226 cm³/mol. The van der Waals surface area contributed by atoms with Gasteiger partial charge in [-0.05, 0) is 115 Å². The lowest BCUT2D eigenvalue weighted by molar-refractivity contribution is 0.330. The van der Waals surface area contributed by atoms with Crippen molar-refractivity contribution in [3.8, 4) is 23.0 Å². The Morgan fingerprint density at radius 2 is 0.887 bits per heavy atom. The van der Waals surface area contributed by atoms with Crippen molar-refractivity contribution in [3.05, 3.63) is 107 Å². The van der Waals surface area contributed by atoms with Gasteiger partial charge in [0.1, 0.15) is 31.1 Å². The smallest absolute Gasteiger partial charge is 0.260 e. The minimum Gasteiger partial charge on any atom is -0.458 e. The Balaban J connectivity index is 1.25. The van der Waals surface area contributed by atoms with Crippen LogP contribution in [0.15, 0.2) is 84.9 Å². The number of hydrogen-bond acceptors (Lipinski definition) is 3. The highest BCUT2D eigenvalue weighted by atomic mass is 28.3. The van der Waals surface area contributed by atoms with Gasteiger partial charge in [0.05, 0.1) is 5.69 Å². The molecule has 5 aromatic rings. The molecule has 2 aliphatic carbocycles. The maximum atomic E-state index is 7.20. The molecule has 3 aliphatic heterocycles. The quantitative estimate of drug-likeness (QED) is 0.158. The maximum absolute atomic E-state index is 7.20. The van der Waals surface area contributed by atoms with Gasteiger partial charge in [0.15, 0.2) is 0 Å². The summed E-state index contributed by atoms with van der Waals surface area (Å²) in [5, 5.41) is 2.90. The van der Waals surface area contributed by atoms with Crippen LogP contribution in [-0.2, 0) is 21.7 Å². The van der Waals surface area contributed by atoms with Crippen LogP contribution < -0.4 is 41.1 Å². The van der Waals surface area contributed by atoms with Crippen molar-refractivity contribution in [1.82, 2.24) is 0 Å². The minimum atomic E-state index is -1.94. The van der Waals surface area contributed by atoms with Crippen molar-refractivity contribution in [2.75, 3.05) is 4.90 Å². The zero-order chi connectivity index (χ0) is 37.0. The molecule has 10 rings (SSSR count). The average molecular weight is 714 g/mol. The van der Waals surface area contributed by atoms with E-state index in [2.05, 4.69) is 158 Å². The molecular weight excluding hydrogens is 661 g/mol. The second-order valence-electron chi connectivity index (χ2n) is 19.9. The maximum Gasteiger partial charge on any atom is 0.260 e. The predicted octanol–water partition coefficient (Wildman–Crippen LogP) is 9.72. The summed E-state index contributed by atoms with van der Waals surface area (Å²) >= 11 is 0. The number of hydrogen-bond donors (Lipinski definition) is 0. The number of anilines is 3. The van der Waals surface area contributed by atoms with Gasteiger partial charge in [0, 0.05) is 29.0 Å². The van der Waals surface area contributed by atoms with Crippen LogP contribution in [-0.4, -0.2) is 14.8 Å². The molecule has 0 spiro atoms. The third kappa shape index (κ3) is 4.59. The molecule has 0 N–H and O–H groups in total. The number of ether oxygens (including phenoxy) is 2. The number of nitrogens with zero attached hydrogens (tertiary/aromatic N) is 1. The van der Waals surface area contributed by atoms with E-state index in [0.717, 1.165) is 34.1 Å². The highest BCUT2D eigenvalue weighted by Gasteiger charge is 2.47. The molecule has 0 saturated heterocycles. The lowest BCUT2D eigenvalue weighted by Gasteiger charge is -2.45. The highest BCUT2D eigenvalue weighted by Crippen LogP contribution is 2.51. The summed E-state index contributed by atoms with van der Waals surface area (Å²) in [6.45, 7) is 24.4. The zero-order valence-corrected chi connectivity index (χ0v) is 34.3. The first-order chi connectivity index (χ1) is 25.0. The summed E-state index contributed by atoms with van der Waals surface area (Å²) in [5.74, 6) is 3.80. The third-order valence-corrected chi connectivity index (χ3v) is 17.8. The van der Waals surface area contributed by atoms with Crippen molar-refractivity contribution >= 4 is 58.6 Å². The third-order valence-electron chi connectivity index (χ3n) is 14.3. The number of rotatable bonds is 1. The Morgan fingerprint density at radius 3 is 1.30 bits per heavy atom. The standard InChI is InChI=1S/C48H52BNO2Si/c1-45(2)19-21-47(5,6)32-27-38-34(25-30(32)45)49-35-26-31-33(48(7,8)22-20-46(31,3)4)28-39(35)52-41-24-29(23-40(51-38)44(41)49)50-36-15-11-13-17-42(36)53(9,10)43-18-14-12-16-37(43)50/h11-18,23-28H,19-22H2,1-10H3. The van der Waals surface area contributed by atoms with E-state index in [1.165, 1.54) is 80.6 Å². The van der Waals surface area contributed by atoms with Crippen LogP contribution in [0.2, 0.25) is 13.1 Å². The Hall–Kier alpha value is -4.22. The fourth-order valence-corrected chi connectivity index (χ4v) is 13.7. The van der Waals surface area contributed by atoms with E-state index < -0.39 is 8.07 Å². The van der Waals surface area contributed by atoms with Crippen LogP contribution in [0.3, 0.4) is 0 Å². The summed E-state index contributed by atoms with van der Waals surface area (Å²) in [4.78, 5) is 2.46. The van der Waals surface area contributed by atoms with Gasteiger partial charge < -0.3 is 14.4 Å². The molecule has 0 aromatic heterocycles. The Kier molecular flexibility index (Phi) is 6.61. The van der Waals surface area contributed by atoms with E-state index in [-0.39, 0.29) is 28.4 Å². The summed E-state index contributed by atoms with van der Waals surface area (Å²) in [5.41, 5.74) is 13.4. The van der Waals surface area contributed by atoms with E-state index in [1.807, 2.05) is 0 Å². The van der Waals surface area contributed by atoms with Crippen molar-refractivity contribution < 1.29 is 9.47 Å². The molecule has 0 bridgehead atoms. The largest absolute Gasteiger partial charge is 0.458 e. The van der Waals surface area contributed by atoms with Crippen LogP contribution in [0.4, 0.5) is 17.1 Å². The molecule has 0 atom stereocenters. The minimum absolute atomic E-state index is 0.0195. The normalized spacial score (nSPS) is 20.9. The number of benzene rings is 5. The van der Waals surface area contributed by atoms with Crippen LogP contribution >= 0.6 is 0 Å². The first kappa shape index (κ1) is 33.4. The second kappa shape index (κ2) is 10.5. The van der Waals surface area contributed by atoms with Gasteiger partial charge in [-0.2, -0.15) is 0 Å². The van der Waals surface area contributed by atoms with Gasteiger partial charge in [-0.1, -0.05) is 117 Å². The number of fused-ring (bicyclic) bond motifs is 8. The summed E-state index contributed by atoms with van der Waals surface area (Å²) in [6, 6.07) is 32.6. The van der Waals surface area contributed by atoms with E-state index in [0.29, 0.717) is 0 Å². The Morgan fingerprint density at radius 1 is 0.509 bits per heavy atom. The molecule has 0 amide bonds. The number of para-hydroxylation sites is 2. The molecule has 268 valence electrons. The average Bonchev–Trinajstić information content (AvgIpc) is 3.11. The zero-order valence-electron chi connectivity index (χ0n) is 33.3. The second-order valence-corrected chi connectivity index (χ2v) is 24.2. The van der Waals surface area contributed by atoms with Crippen molar-refractivity contribution in [2.45, 2.75) is 116 Å². The van der Waals surface area contributed by atoms with Crippen LogP contribution in [0, 0.1) is 0 Å². The highest BCUT2D eigenvalue weighted by molar-refractivity contribution is 7.02. The first-order valence-corrected chi connectivity index (χ1v) is 22.9. The van der Waals surface area contributed by atoms with Crippen molar-refractivity contribution in [1.29, 1.82) is 0 Å². The lowest BCUT2D eigenvalue weighted by atomic mass is 9.34. The Labute approximate surface area is 317 Å². The van der Waals surface area contributed by atoms with Crippen molar-refractivity contribution in [3.63, 3.8) is 0 Å². The van der Waals surface area contributed by atoms with Gasteiger partial charge in [-0.15, -0.1) is 0 Å². The Bertz CT molecular complexity index is 2260. The molecule has 0 unspecified atom stereocenters. The van der Waals surface area contributed by atoms with Crippen LogP contribution in [0.5, 0.6) is 23.0 Å². The first-order valence-electron chi connectivity index (χ1n) is 19.9. The molecule has 0 radical (unpaired) electrons. The molecular formula is C48H52BNO2Si. The fourth-order valence-electron chi connectivity index (χ4n) is 10.7. The topological polar surface area (TPSA) is 21.7 Å². The van der Waals surface area contributed by atoms with E-state index in [9.17, 15) is 0 Å². The van der Waals surface area contributed by atoms with Crippen LogP contribution in [0.25, 0.3) is 0 Å². The lowest BCUT2D eigenvalue weighted by Crippen LogP contribution is -2.59. The molecule has 3 heterocycles. The van der Waals surface area contributed by atoms with Crippen LogP contribution in [0.1, 0.15) is 103 Å². The van der Waals surface area contributed by atoms with E-state index in [1.54, 1.807) is 0 Å². The van der Waals surface area contributed by atoms with Gasteiger partial charge in [0.2, 0.25) is 0 Å². The summed E-state index contributed by atoms with van der Waals surface area (Å²) in [6.07, 6.45) is 4.69. The molecule has 0 fully saturated rings. The van der Waals surface area contributed by atoms with Gasteiger partial charge in [-0.3, -0.25) is 0 Å².